The largest absolute Gasteiger partial charge is 0.455 e. The quantitative estimate of drug-likeness (QED) is 0.169. The van der Waals surface area contributed by atoms with Crippen molar-refractivity contribution in [1.82, 2.24) is 0 Å². The van der Waals surface area contributed by atoms with Crippen LogP contribution in [0.3, 0.4) is 0 Å². The minimum atomic E-state index is -0.213. The van der Waals surface area contributed by atoms with Crippen molar-refractivity contribution < 1.29 is 4.42 Å². The van der Waals surface area contributed by atoms with Gasteiger partial charge in [0.15, 0.2) is 0 Å². The number of fused-ring (bicyclic) bond motifs is 8. The fourth-order valence-electron chi connectivity index (χ4n) is 9.40. The number of furan rings is 1. The standard InChI is InChI=1S/C55H39NO/c1-55(2)48-25-10-8-21-43(48)46-24-13-27-50(53(46)55)56(41-32-29-37(30-33-41)40-19-12-18-39(35-40)36-15-4-3-5-16-36)49-26-11-9-22-44(49)45-23-14-28-51-52(45)47-34-31-38-17-6-7-20-42(38)54(47)57-51/h3-35H,1-2H3. The SMILES string of the molecule is CC1(C)c2ccccc2-c2cccc(N(c3ccc(-c4cccc(-c5ccccc5)c4)cc3)c3ccccc3-c3cccc4oc5c6ccccc6ccc5c34)c21. The van der Waals surface area contributed by atoms with Crippen LogP contribution in [0, 0.1) is 0 Å². The van der Waals surface area contributed by atoms with Crippen LogP contribution in [0.4, 0.5) is 17.1 Å². The lowest BCUT2D eigenvalue weighted by molar-refractivity contribution is 0.661. The second-order valence-electron chi connectivity index (χ2n) is 15.7. The van der Waals surface area contributed by atoms with E-state index in [1.807, 2.05) is 0 Å². The van der Waals surface area contributed by atoms with Gasteiger partial charge in [0, 0.05) is 32.8 Å². The van der Waals surface area contributed by atoms with Gasteiger partial charge in [-0.05, 0) is 97.9 Å². The van der Waals surface area contributed by atoms with Gasteiger partial charge < -0.3 is 9.32 Å². The molecule has 0 aliphatic heterocycles. The Morgan fingerprint density at radius 1 is 0.421 bits per heavy atom. The number of hydrogen-bond donors (Lipinski definition) is 0. The summed E-state index contributed by atoms with van der Waals surface area (Å²) in [6.07, 6.45) is 0. The molecule has 0 unspecified atom stereocenters. The number of hydrogen-bond acceptors (Lipinski definition) is 2. The van der Waals surface area contributed by atoms with E-state index in [2.05, 4.69) is 219 Å². The van der Waals surface area contributed by atoms with E-state index >= 15 is 0 Å². The van der Waals surface area contributed by atoms with Crippen molar-refractivity contribution >= 4 is 49.8 Å². The third-order valence-corrected chi connectivity index (χ3v) is 12.0. The highest BCUT2D eigenvalue weighted by Gasteiger charge is 2.39. The molecular weight excluding hydrogens is 691 g/mol. The van der Waals surface area contributed by atoms with Crippen molar-refractivity contribution in [2.45, 2.75) is 19.3 Å². The molecule has 0 amide bonds. The van der Waals surface area contributed by atoms with E-state index < -0.39 is 0 Å². The van der Waals surface area contributed by atoms with Gasteiger partial charge in [0.1, 0.15) is 11.2 Å². The molecule has 2 nitrogen and oxygen atoms in total. The van der Waals surface area contributed by atoms with Crippen LogP contribution in [-0.4, -0.2) is 0 Å². The molecule has 1 heterocycles. The Balaban J connectivity index is 1.13. The normalized spacial score (nSPS) is 12.9. The monoisotopic (exact) mass is 729 g/mol. The van der Waals surface area contributed by atoms with Gasteiger partial charge in [0.05, 0.1) is 11.4 Å². The molecular formula is C55H39NO. The second-order valence-corrected chi connectivity index (χ2v) is 15.7. The summed E-state index contributed by atoms with van der Waals surface area (Å²) in [6, 6.07) is 72.6. The molecule has 0 saturated heterocycles. The highest BCUT2D eigenvalue weighted by Crippen LogP contribution is 2.55. The summed E-state index contributed by atoms with van der Waals surface area (Å²) in [5.41, 5.74) is 17.4. The lowest BCUT2D eigenvalue weighted by atomic mass is 9.81. The first-order chi connectivity index (χ1) is 28.0. The van der Waals surface area contributed by atoms with E-state index in [0.29, 0.717) is 0 Å². The number of benzene rings is 9. The maximum absolute atomic E-state index is 6.70. The van der Waals surface area contributed by atoms with E-state index in [9.17, 15) is 0 Å². The van der Waals surface area contributed by atoms with Gasteiger partial charge in [-0.15, -0.1) is 0 Å². The van der Waals surface area contributed by atoms with Gasteiger partial charge >= 0.3 is 0 Å². The van der Waals surface area contributed by atoms with Gasteiger partial charge in [-0.2, -0.15) is 0 Å². The molecule has 270 valence electrons. The number of nitrogens with zero attached hydrogens (tertiary/aromatic N) is 1. The van der Waals surface area contributed by atoms with E-state index in [0.717, 1.165) is 49.8 Å². The molecule has 0 fully saturated rings. The minimum Gasteiger partial charge on any atom is -0.455 e. The first kappa shape index (κ1) is 33.2. The van der Waals surface area contributed by atoms with E-state index in [1.54, 1.807) is 0 Å². The third-order valence-electron chi connectivity index (χ3n) is 12.0. The number of anilines is 3. The molecule has 0 radical (unpaired) electrons. The third kappa shape index (κ3) is 5.25. The van der Waals surface area contributed by atoms with Gasteiger partial charge in [0.25, 0.3) is 0 Å². The molecule has 1 aromatic heterocycles. The van der Waals surface area contributed by atoms with Crippen molar-refractivity contribution in [3.8, 4) is 44.5 Å². The Morgan fingerprint density at radius 2 is 1.04 bits per heavy atom. The summed E-state index contributed by atoms with van der Waals surface area (Å²) in [4.78, 5) is 2.49. The number of para-hydroxylation sites is 1. The van der Waals surface area contributed by atoms with Crippen LogP contribution >= 0.6 is 0 Å². The summed E-state index contributed by atoms with van der Waals surface area (Å²) in [5, 5.41) is 4.56. The lowest BCUT2D eigenvalue weighted by Crippen LogP contribution is -2.21. The van der Waals surface area contributed by atoms with Gasteiger partial charge in [-0.1, -0.05) is 172 Å². The molecule has 0 saturated carbocycles. The Labute approximate surface area is 332 Å². The molecule has 11 rings (SSSR count). The molecule has 1 aliphatic carbocycles. The predicted octanol–water partition coefficient (Wildman–Crippen LogP) is 15.5. The van der Waals surface area contributed by atoms with Crippen LogP contribution in [0.25, 0.3) is 77.2 Å². The summed E-state index contributed by atoms with van der Waals surface area (Å²) in [7, 11) is 0. The van der Waals surface area contributed by atoms with Crippen molar-refractivity contribution in [2.24, 2.45) is 0 Å². The zero-order valence-electron chi connectivity index (χ0n) is 31.9. The topological polar surface area (TPSA) is 16.4 Å². The molecule has 57 heavy (non-hydrogen) atoms. The second kappa shape index (κ2) is 13.0. The maximum Gasteiger partial charge on any atom is 0.143 e. The van der Waals surface area contributed by atoms with Gasteiger partial charge in [-0.25, -0.2) is 0 Å². The Hall–Kier alpha value is -7.16. The highest BCUT2D eigenvalue weighted by molar-refractivity contribution is 6.19. The molecule has 1 aliphatic rings. The predicted molar refractivity (Wildman–Crippen MR) is 240 cm³/mol. The molecule has 0 atom stereocenters. The van der Waals surface area contributed by atoms with Crippen molar-refractivity contribution in [1.29, 1.82) is 0 Å². The molecule has 0 bridgehead atoms. The summed E-state index contributed by atoms with van der Waals surface area (Å²) in [6.45, 7) is 4.74. The van der Waals surface area contributed by atoms with Crippen molar-refractivity contribution in [3.63, 3.8) is 0 Å². The highest BCUT2D eigenvalue weighted by atomic mass is 16.3. The first-order valence-electron chi connectivity index (χ1n) is 19.8. The van der Waals surface area contributed by atoms with E-state index in [4.69, 9.17) is 4.42 Å². The maximum atomic E-state index is 6.70. The molecule has 0 N–H and O–H groups in total. The van der Waals surface area contributed by atoms with Crippen LogP contribution < -0.4 is 4.90 Å². The fourth-order valence-corrected chi connectivity index (χ4v) is 9.40. The molecule has 2 heteroatoms. The lowest BCUT2D eigenvalue weighted by Gasteiger charge is -2.33. The van der Waals surface area contributed by atoms with Gasteiger partial charge in [0.2, 0.25) is 0 Å². The fraction of sp³-hybridized carbons (Fsp3) is 0.0545. The minimum absolute atomic E-state index is 0.213. The number of rotatable bonds is 6. The Morgan fingerprint density at radius 3 is 1.88 bits per heavy atom. The van der Waals surface area contributed by atoms with Crippen molar-refractivity contribution in [3.05, 3.63) is 211 Å². The summed E-state index contributed by atoms with van der Waals surface area (Å²) >= 11 is 0. The molecule has 10 aromatic rings. The van der Waals surface area contributed by atoms with Crippen LogP contribution in [0.15, 0.2) is 205 Å². The Bertz CT molecular complexity index is 3150. The van der Waals surface area contributed by atoms with Crippen LogP contribution in [0.2, 0.25) is 0 Å². The average Bonchev–Trinajstić information content (AvgIpc) is 3.77. The molecule has 9 aromatic carbocycles. The van der Waals surface area contributed by atoms with Crippen LogP contribution in [-0.2, 0) is 5.41 Å². The van der Waals surface area contributed by atoms with Gasteiger partial charge in [-0.3, -0.25) is 0 Å². The van der Waals surface area contributed by atoms with Crippen molar-refractivity contribution in [2.75, 3.05) is 4.90 Å². The Kier molecular flexibility index (Phi) is 7.55. The first-order valence-corrected chi connectivity index (χ1v) is 19.8. The zero-order valence-corrected chi connectivity index (χ0v) is 31.9. The van der Waals surface area contributed by atoms with Crippen LogP contribution in [0.5, 0.6) is 0 Å². The summed E-state index contributed by atoms with van der Waals surface area (Å²) in [5.74, 6) is 0. The summed E-state index contributed by atoms with van der Waals surface area (Å²) < 4.78 is 6.70. The molecule has 0 spiro atoms. The van der Waals surface area contributed by atoms with Crippen LogP contribution in [0.1, 0.15) is 25.0 Å². The van der Waals surface area contributed by atoms with E-state index in [-0.39, 0.29) is 5.41 Å². The zero-order chi connectivity index (χ0) is 38.1. The van der Waals surface area contributed by atoms with E-state index in [1.165, 1.54) is 55.6 Å². The smallest absolute Gasteiger partial charge is 0.143 e. The average molecular weight is 730 g/mol.